The molecule has 5 heteroatoms. The lowest BCUT2D eigenvalue weighted by Gasteiger charge is -2.25. The summed E-state index contributed by atoms with van der Waals surface area (Å²) in [6, 6.07) is 9.62. The number of allylic oxidation sites excluding steroid dienone is 1. The second-order valence-electron chi connectivity index (χ2n) is 4.56. The zero-order valence-corrected chi connectivity index (χ0v) is 12.7. The Bertz CT molecular complexity index is 592. The van der Waals surface area contributed by atoms with Gasteiger partial charge in [-0.05, 0) is 29.9 Å². The van der Waals surface area contributed by atoms with Crippen LogP contribution in [0.5, 0.6) is 0 Å². The molecule has 20 heavy (non-hydrogen) atoms. The van der Waals surface area contributed by atoms with Crippen molar-refractivity contribution in [1.29, 1.82) is 5.26 Å². The monoisotopic (exact) mass is 306 g/mol. The number of rotatable bonds is 4. The van der Waals surface area contributed by atoms with Crippen molar-refractivity contribution in [2.24, 2.45) is 0 Å². The highest BCUT2D eigenvalue weighted by atomic mass is 35.5. The lowest BCUT2D eigenvalue weighted by Crippen LogP contribution is -2.30. The molecule has 0 aliphatic carbocycles. The maximum absolute atomic E-state index is 11.9. The normalized spacial score (nSPS) is 18.6. The fraction of sp³-hybridized carbons (Fsp3) is 0.333. The van der Waals surface area contributed by atoms with E-state index >= 15 is 0 Å². The van der Waals surface area contributed by atoms with Crippen LogP contribution in [0, 0.1) is 11.3 Å². The highest BCUT2D eigenvalue weighted by molar-refractivity contribution is 8.03. The van der Waals surface area contributed by atoms with E-state index in [0.717, 1.165) is 17.7 Å². The van der Waals surface area contributed by atoms with Crippen molar-refractivity contribution in [2.75, 3.05) is 5.75 Å². The Kier molecular flexibility index (Phi) is 5.11. The molecule has 0 unspecified atom stereocenters. The summed E-state index contributed by atoms with van der Waals surface area (Å²) in [5.41, 5.74) is 1.55. The van der Waals surface area contributed by atoms with Crippen LogP contribution < -0.4 is 5.32 Å². The summed E-state index contributed by atoms with van der Waals surface area (Å²) in [5, 5.41) is 13.6. The molecule has 3 nitrogen and oxygen atoms in total. The Hall–Kier alpha value is -1.44. The first-order valence-electron chi connectivity index (χ1n) is 6.48. The molecule has 0 spiro atoms. The standard InChI is InChI=1S/C15H15ClN2OS/c1-2-6-20-15-13(9-17)12(8-14(19)18-15)10-4-3-5-11(16)7-10/h3-5,7,12H,2,6,8H2,1H3,(H,18,19)/t12-/m0/s1. The molecule has 1 N–H and O–H groups in total. The molecule has 0 radical (unpaired) electrons. The predicted octanol–water partition coefficient (Wildman–Crippen LogP) is 3.82. The summed E-state index contributed by atoms with van der Waals surface area (Å²) in [6.07, 6.45) is 1.28. The second-order valence-corrected chi connectivity index (χ2v) is 6.10. The Labute approximate surface area is 128 Å². The molecule has 0 bridgehead atoms. The maximum atomic E-state index is 11.9. The fourth-order valence-electron chi connectivity index (χ4n) is 2.15. The first-order valence-corrected chi connectivity index (χ1v) is 7.84. The van der Waals surface area contributed by atoms with E-state index in [0.29, 0.717) is 22.0 Å². The van der Waals surface area contributed by atoms with Crippen molar-refractivity contribution in [3.8, 4) is 6.07 Å². The molecule has 0 aromatic heterocycles. The van der Waals surface area contributed by atoms with Crippen LogP contribution in [0.1, 0.15) is 31.2 Å². The fourth-order valence-corrected chi connectivity index (χ4v) is 3.28. The van der Waals surface area contributed by atoms with Crippen molar-refractivity contribution in [2.45, 2.75) is 25.7 Å². The van der Waals surface area contributed by atoms with Gasteiger partial charge in [0, 0.05) is 17.4 Å². The molecule has 1 aromatic rings. The van der Waals surface area contributed by atoms with Crippen molar-refractivity contribution in [3.63, 3.8) is 0 Å². The van der Waals surface area contributed by atoms with Crippen LogP contribution in [0.15, 0.2) is 34.9 Å². The Balaban J connectivity index is 2.40. The van der Waals surface area contributed by atoms with Crippen molar-refractivity contribution in [3.05, 3.63) is 45.5 Å². The molecule has 1 aromatic carbocycles. The van der Waals surface area contributed by atoms with Gasteiger partial charge in [-0.15, -0.1) is 11.8 Å². The van der Waals surface area contributed by atoms with Gasteiger partial charge in [0.1, 0.15) is 0 Å². The van der Waals surface area contributed by atoms with Gasteiger partial charge in [-0.25, -0.2) is 0 Å². The number of carbonyl (C=O) groups excluding carboxylic acids is 1. The maximum Gasteiger partial charge on any atom is 0.225 e. The third kappa shape index (κ3) is 3.36. The number of carbonyl (C=O) groups is 1. The summed E-state index contributed by atoms with van der Waals surface area (Å²) < 4.78 is 0. The molecular weight excluding hydrogens is 292 g/mol. The topological polar surface area (TPSA) is 52.9 Å². The molecule has 104 valence electrons. The van der Waals surface area contributed by atoms with Crippen LogP contribution in [-0.2, 0) is 4.79 Å². The summed E-state index contributed by atoms with van der Waals surface area (Å²) >= 11 is 7.54. The molecule has 2 rings (SSSR count). The van der Waals surface area contributed by atoms with Gasteiger partial charge in [0.15, 0.2) is 0 Å². The zero-order chi connectivity index (χ0) is 14.5. The largest absolute Gasteiger partial charge is 0.320 e. The Morgan fingerprint density at radius 1 is 1.55 bits per heavy atom. The lowest BCUT2D eigenvalue weighted by atomic mass is 9.87. The highest BCUT2D eigenvalue weighted by Crippen LogP contribution is 2.36. The number of nitriles is 1. The molecule has 0 saturated carbocycles. The number of hydrogen-bond acceptors (Lipinski definition) is 3. The number of nitrogens with one attached hydrogen (secondary N) is 1. The van der Waals surface area contributed by atoms with Gasteiger partial charge in [-0.3, -0.25) is 4.79 Å². The summed E-state index contributed by atoms with van der Waals surface area (Å²) in [4.78, 5) is 11.9. The third-order valence-electron chi connectivity index (χ3n) is 3.06. The minimum atomic E-state index is -0.202. The average Bonchev–Trinajstić information content (AvgIpc) is 2.44. The molecule has 1 atom stereocenters. The minimum Gasteiger partial charge on any atom is -0.320 e. The van der Waals surface area contributed by atoms with Crippen LogP contribution in [0.25, 0.3) is 0 Å². The third-order valence-corrected chi connectivity index (χ3v) is 4.52. The van der Waals surface area contributed by atoms with Gasteiger partial charge in [0.25, 0.3) is 0 Å². The van der Waals surface area contributed by atoms with E-state index in [1.165, 1.54) is 11.8 Å². The highest BCUT2D eigenvalue weighted by Gasteiger charge is 2.29. The summed E-state index contributed by atoms with van der Waals surface area (Å²) in [7, 11) is 0. The smallest absolute Gasteiger partial charge is 0.225 e. The van der Waals surface area contributed by atoms with Gasteiger partial charge in [0.2, 0.25) is 5.91 Å². The van der Waals surface area contributed by atoms with Gasteiger partial charge >= 0.3 is 0 Å². The van der Waals surface area contributed by atoms with E-state index in [9.17, 15) is 10.1 Å². The van der Waals surface area contributed by atoms with Crippen LogP contribution in [0.3, 0.4) is 0 Å². The van der Waals surface area contributed by atoms with Crippen molar-refractivity contribution >= 4 is 29.3 Å². The predicted molar refractivity (Wildman–Crippen MR) is 82.3 cm³/mol. The number of halogens is 1. The quantitative estimate of drug-likeness (QED) is 0.920. The number of benzene rings is 1. The van der Waals surface area contributed by atoms with Gasteiger partial charge in [0.05, 0.1) is 16.7 Å². The molecule has 1 aliphatic rings. The van der Waals surface area contributed by atoms with E-state index in [4.69, 9.17) is 11.6 Å². The van der Waals surface area contributed by atoms with Crippen LogP contribution in [0.4, 0.5) is 0 Å². The van der Waals surface area contributed by atoms with Crippen molar-refractivity contribution < 1.29 is 4.79 Å². The molecule has 0 saturated heterocycles. The minimum absolute atomic E-state index is 0.0485. The van der Waals surface area contributed by atoms with E-state index in [-0.39, 0.29) is 11.8 Å². The first kappa shape index (κ1) is 15.0. The zero-order valence-electron chi connectivity index (χ0n) is 11.1. The van der Waals surface area contributed by atoms with E-state index in [2.05, 4.69) is 18.3 Å². The number of amides is 1. The lowest BCUT2D eigenvalue weighted by molar-refractivity contribution is -0.120. The molecule has 0 fully saturated rings. The van der Waals surface area contributed by atoms with E-state index in [1.807, 2.05) is 18.2 Å². The van der Waals surface area contributed by atoms with Gasteiger partial charge in [-0.1, -0.05) is 30.7 Å². The Morgan fingerprint density at radius 3 is 3.00 bits per heavy atom. The van der Waals surface area contributed by atoms with Crippen LogP contribution in [-0.4, -0.2) is 11.7 Å². The van der Waals surface area contributed by atoms with Gasteiger partial charge in [-0.2, -0.15) is 5.26 Å². The van der Waals surface area contributed by atoms with Crippen LogP contribution >= 0.6 is 23.4 Å². The first-order chi connectivity index (χ1) is 9.65. The van der Waals surface area contributed by atoms with E-state index < -0.39 is 0 Å². The number of thioether (sulfide) groups is 1. The molecule has 1 aliphatic heterocycles. The number of nitrogens with zero attached hydrogens (tertiary/aromatic N) is 1. The molecule has 1 heterocycles. The average molecular weight is 307 g/mol. The SMILES string of the molecule is CCCSC1=C(C#N)[C@H](c2cccc(Cl)c2)CC(=O)N1. The number of hydrogen-bond donors (Lipinski definition) is 1. The Morgan fingerprint density at radius 2 is 2.35 bits per heavy atom. The van der Waals surface area contributed by atoms with E-state index in [1.54, 1.807) is 6.07 Å². The summed E-state index contributed by atoms with van der Waals surface area (Å²) in [5.74, 6) is 0.627. The second kappa shape index (κ2) is 6.83. The van der Waals surface area contributed by atoms with Gasteiger partial charge < -0.3 is 5.32 Å². The summed E-state index contributed by atoms with van der Waals surface area (Å²) in [6.45, 7) is 2.07. The molecular formula is C15H15ClN2OS. The van der Waals surface area contributed by atoms with Crippen molar-refractivity contribution in [1.82, 2.24) is 5.32 Å². The van der Waals surface area contributed by atoms with Crippen LogP contribution in [0.2, 0.25) is 5.02 Å². The molecule has 1 amide bonds.